The SMILES string of the molecule is CC(=O)N1CC(CO)C(c2ccccc2)C1. The molecule has 1 aromatic rings. The average molecular weight is 219 g/mol. The highest BCUT2D eigenvalue weighted by Gasteiger charge is 2.34. The van der Waals surface area contributed by atoms with E-state index in [1.807, 2.05) is 23.1 Å². The monoisotopic (exact) mass is 219 g/mol. The first-order chi connectivity index (χ1) is 7.72. The molecule has 0 radical (unpaired) electrons. The van der Waals surface area contributed by atoms with Gasteiger partial charge in [0.25, 0.3) is 0 Å². The van der Waals surface area contributed by atoms with E-state index in [0.29, 0.717) is 6.54 Å². The number of rotatable bonds is 2. The largest absolute Gasteiger partial charge is 0.396 e. The molecule has 1 fully saturated rings. The Bertz CT molecular complexity index is 363. The van der Waals surface area contributed by atoms with Crippen molar-refractivity contribution in [2.75, 3.05) is 19.7 Å². The Morgan fingerprint density at radius 1 is 1.38 bits per heavy atom. The summed E-state index contributed by atoms with van der Waals surface area (Å²) in [7, 11) is 0. The lowest BCUT2D eigenvalue weighted by Crippen LogP contribution is -2.26. The molecule has 3 nitrogen and oxygen atoms in total. The van der Waals surface area contributed by atoms with Gasteiger partial charge in [0.15, 0.2) is 0 Å². The summed E-state index contributed by atoms with van der Waals surface area (Å²) in [5.74, 6) is 0.540. The van der Waals surface area contributed by atoms with Crippen LogP contribution in [0.1, 0.15) is 18.4 Å². The van der Waals surface area contributed by atoms with E-state index in [2.05, 4.69) is 12.1 Å². The zero-order valence-electron chi connectivity index (χ0n) is 9.47. The maximum absolute atomic E-state index is 11.3. The van der Waals surface area contributed by atoms with Gasteiger partial charge in [0.05, 0.1) is 0 Å². The second kappa shape index (κ2) is 4.66. The molecule has 0 aliphatic carbocycles. The zero-order chi connectivity index (χ0) is 11.5. The lowest BCUT2D eigenvalue weighted by atomic mass is 9.90. The molecule has 1 saturated heterocycles. The van der Waals surface area contributed by atoms with Gasteiger partial charge in [0, 0.05) is 38.5 Å². The summed E-state index contributed by atoms with van der Waals surface area (Å²) in [5, 5.41) is 9.36. The Labute approximate surface area is 95.7 Å². The normalized spacial score (nSPS) is 24.8. The van der Waals surface area contributed by atoms with Crippen molar-refractivity contribution in [2.24, 2.45) is 5.92 Å². The molecule has 1 aliphatic rings. The molecule has 1 aromatic carbocycles. The van der Waals surface area contributed by atoms with Crippen LogP contribution in [0.2, 0.25) is 0 Å². The van der Waals surface area contributed by atoms with Crippen LogP contribution in [-0.4, -0.2) is 35.6 Å². The third-order valence-corrected chi connectivity index (χ3v) is 3.35. The summed E-state index contributed by atoms with van der Waals surface area (Å²) in [5.41, 5.74) is 1.21. The number of amides is 1. The molecule has 0 spiro atoms. The summed E-state index contributed by atoms with van der Waals surface area (Å²) in [6.07, 6.45) is 0. The maximum atomic E-state index is 11.3. The minimum Gasteiger partial charge on any atom is -0.396 e. The van der Waals surface area contributed by atoms with Gasteiger partial charge in [-0.1, -0.05) is 30.3 Å². The smallest absolute Gasteiger partial charge is 0.219 e. The minimum atomic E-state index is 0.0943. The van der Waals surface area contributed by atoms with Crippen molar-refractivity contribution in [3.63, 3.8) is 0 Å². The van der Waals surface area contributed by atoms with E-state index in [1.54, 1.807) is 6.92 Å². The molecule has 2 unspecified atom stereocenters. The molecule has 2 atom stereocenters. The standard InChI is InChI=1S/C13H17NO2/c1-10(16)14-7-12(9-15)13(8-14)11-5-3-2-4-6-11/h2-6,12-13,15H,7-9H2,1H3. The Morgan fingerprint density at radius 2 is 2.06 bits per heavy atom. The fraction of sp³-hybridized carbons (Fsp3) is 0.462. The molecule has 0 aromatic heterocycles. The van der Waals surface area contributed by atoms with E-state index >= 15 is 0 Å². The zero-order valence-corrected chi connectivity index (χ0v) is 9.47. The van der Waals surface area contributed by atoms with Crippen molar-refractivity contribution in [2.45, 2.75) is 12.8 Å². The maximum Gasteiger partial charge on any atom is 0.219 e. The third-order valence-electron chi connectivity index (χ3n) is 3.35. The number of aliphatic hydroxyl groups is 1. The van der Waals surface area contributed by atoms with E-state index in [9.17, 15) is 9.90 Å². The molecule has 0 saturated carbocycles. The molecule has 3 heteroatoms. The number of hydrogen-bond acceptors (Lipinski definition) is 2. The van der Waals surface area contributed by atoms with E-state index in [1.165, 1.54) is 5.56 Å². The molecule has 1 heterocycles. The fourth-order valence-electron chi connectivity index (χ4n) is 2.39. The van der Waals surface area contributed by atoms with Gasteiger partial charge in [0.1, 0.15) is 0 Å². The van der Waals surface area contributed by atoms with Crippen molar-refractivity contribution in [3.05, 3.63) is 35.9 Å². The number of carbonyl (C=O) groups is 1. The van der Waals surface area contributed by atoms with Crippen LogP contribution in [0.15, 0.2) is 30.3 Å². The quantitative estimate of drug-likeness (QED) is 0.813. The van der Waals surface area contributed by atoms with Crippen molar-refractivity contribution in [3.8, 4) is 0 Å². The summed E-state index contributed by atoms with van der Waals surface area (Å²) < 4.78 is 0. The van der Waals surface area contributed by atoms with Crippen molar-refractivity contribution < 1.29 is 9.90 Å². The summed E-state index contributed by atoms with van der Waals surface area (Å²) >= 11 is 0. The topological polar surface area (TPSA) is 40.5 Å². The van der Waals surface area contributed by atoms with Crippen LogP contribution in [0.3, 0.4) is 0 Å². The van der Waals surface area contributed by atoms with Crippen LogP contribution in [-0.2, 0) is 4.79 Å². The molecule has 0 bridgehead atoms. The molecular weight excluding hydrogens is 202 g/mol. The average Bonchev–Trinajstić information content (AvgIpc) is 2.74. The second-order valence-electron chi connectivity index (χ2n) is 4.38. The van der Waals surface area contributed by atoms with Gasteiger partial charge in [0.2, 0.25) is 5.91 Å². The first-order valence-corrected chi connectivity index (χ1v) is 5.63. The second-order valence-corrected chi connectivity index (χ2v) is 4.38. The number of benzene rings is 1. The number of hydrogen-bond donors (Lipinski definition) is 1. The van der Waals surface area contributed by atoms with Crippen LogP contribution in [0.25, 0.3) is 0 Å². The predicted molar refractivity (Wildman–Crippen MR) is 62.0 cm³/mol. The van der Waals surface area contributed by atoms with E-state index in [0.717, 1.165) is 6.54 Å². The van der Waals surface area contributed by atoms with E-state index in [-0.39, 0.29) is 24.3 Å². The van der Waals surface area contributed by atoms with Gasteiger partial charge in [-0.05, 0) is 5.56 Å². The highest BCUT2D eigenvalue weighted by atomic mass is 16.3. The highest BCUT2D eigenvalue weighted by Crippen LogP contribution is 2.32. The van der Waals surface area contributed by atoms with Gasteiger partial charge in [-0.25, -0.2) is 0 Å². The molecule has 86 valence electrons. The molecule has 1 aliphatic heterocycles. The van der Waals surface area contributed by atoms with Crippen LogP contribution in [0.4, 0.5) is 0 Å². The Hall–Kier alpha value is -1.35. The summed E-state index contributed by atoms with van der Waals surface area (Å²) in [4.78, 5) is 13.1. The molecular formula is C13H17NO2. The summed E-state index contributed by atoms with van der Waals surface area (Å²) in [6, 6.07) is 10.1. The first kappa shape index (κ1) is 11.1. The fourth-order valence-corrected chi connectivity index (χ4v) is 2.39. The number of likely N-dealkylation sites (tertiary alicyclic amines) is 1. The summed E-state index contributed by atoms with van der Waals surface area (Å²) in [6.45, 7) is 3.13. The highest BCUT2D eigenvalue weighted by molar-refractivity contribution is 5.73. The molecule has 16 heavy (non-hydrogen) atoms. The Kier molecular flexibility index (Phi) is 3.25. The Balaban J connectivity index is 2.18. The van der Waals surface area contributed by atoms with Crippen molar-refractivity contribution >= 4 is 5.91 Å². The third kappa shape index (κ3) is 2.09. The predicted octanol–water partition coefficient (Wildman–Crippen LogP) is 1.24. The van der Waals surface area contributed by atoms with Crippen LogP contribution < -0.4 is 0 Å². The molecule has 1 N–H and O–H groups in total. The van der Waals surface area contributed by atoms with Gasteiger partial charge in [-0.15, -0.1) is 0 Å². The van der Waals surface area contributed by atoms with Gasteiger partial charge >= 0.3 is 0 Å². The van der Waals surface area contributed by atoms with E-state index < -0.39 is 0 Å². The van der Waals surface area contributed by atoms with Crippen LogP contribution >= 0.6 is 0 Å². The lowest BCUT2D eigenvalue weighted by molar-refractivity contribution is -0.127. The Morgan fingerprint density at radius 3 is 2.62 bits per heavy atom. The van der Waals surface area contributed by atoms with Crippen molar-refractivity contribution in [1.82, 2.24) is 4.90 Å². The van der Waals surface area contributed by atoms with Crippen LogP contribution in [0.5, 0.6) is 0 Å². The molecule has 1 amide bonds. The van der Waals surface area contributed by atoms with Gasteiger partial charge < -0.3 is 10.0 Å². The van der Waals surface area contributed by atoms with Gasteiger partial charge in [-0.3, -0.25) is 4.79 Å². The van der Waals surface area contributed by atoms with Gasteiger partial charge in [-0.2, -0.15) is 0 Å². The number of aliphatic hydroxyl groups excluding tert-OH is 1. The van der Waals surface area contributed by atoms with Crippen LogP contribution in [0, 0.1) is 5.92 Å². The number of carbonyl (C=O) groups excluding carboxylic acids is 1. The van der Waals surface area contributed by atoms with Crippen molar-refractivity contribution in [1.29, 1.82) is 0 Å². The van der Waals surface area contributed by atoms with E-state index in [4.69, 9.17) is 0 Å². The number of nitrogens with zero attached hydrogens (tertiary/aromatic N) is 1. The minimum absolute atomic E-state index is 0.0943. The first-order valence-electron chi connectivity index (χ1n) is 5.63. The lowest BCUT2D eigenvalue weighted by Gasteiger charge is -2.15. The molecule has 2 rings (SSSR count).